The number of ether oxygens (including phenoxy) is 1. The lowest BCUT2D eigenvalue weighted by Crippen LogP contribution is -2.26. The quantitative estimate of drug-likeness (QED) is 0.394. The Morgan fingerprint density at radius 2 is 2.13 bits per heavy atom. The summed E-state index contributed by atoms with van der Waals surface area (Å²) in [5, 5.41) is 11.4. The Balaban J connectivity index is 2.00. The molecule has 31 heavy (non-hydrogen) atoms. The highest BCUT2D eigenvalue weighted by molar-refractivity contribution is 6.10. The molecule has 1 fully saturated rings. The van der Waals surface area contributed by atoms with Gasteiger partial charge in [-0.3, -0.25) is 19.9 Å². The van der Waals surface area contributed by atoms with Crippen molar-refractivity contribution in [2.24, 2.45) is 10.9 Å². The van der Waals surface area contributed by atoms with Gasteiger partial charge in [0.15, 0.2) is 11.6 Å². The Morgan fingerprint density at radius 1 is 1.39 bits per heavy atom. The molecule has 1 aliphatic heterocycles. The van der Waals surface area contributed by atoms with Crippen molar-refractivity contribution in [3.63, 3.8) is 0 Å². The fraction of sp³-hybridized carbons (Fsp3) is 0.364. The summed E-state index contributed by atoms with van der Waals surface area (Å²) < 4.78 is 19.0. The van der Waals surface area contributed by atoms with Crippen LogP contribution in [-0.2, 0) is 0 Å². The first-order valence-electron chi connectivity index (χ1n) is 9.84. The minimum atomic E-state index is -0.613. The number of amides is 1. The van der Waals surface area contributed by atoms with Gasteiger partial charge in [0.25, 0.3) is 11.6 Å². The van der Waals surface area contributed by atoms with Crippen molar-refractivity contribution in [2.45, 2.75) is 13.3 Å². The minimum absolute atomic E-state index is 0.0580. The molecule has 0 radical (unpaired) electrons. The molecule has 1 aliphatic rings. The van der Waals surface area contributed by atoms with E-state index in [9.17, 15) is 19.3 Å². The summed E-state index contributed by atoms with van der Waals surface area (Å²) in [6.45, 7) is 3.52. The van der Waals surface area contributed by atoms with Crippen LogP contribution in [0.2, 0.25) is 0 Å². The molecule has 0 N–H and O–H groups in total. The zero-order chi connectivity index (χ0) is 22.7. The van der Waals surface area contributed by atoms with Crippen LogP contribution in [0.1, 0.15) is 22.3 Å². The number of nitro groups is 1. The van der Waals surface area contributed by atoms with Crippen molar-refractivity contribution in [3.8, 4) is 5.75 Å². The Hall–Kier alpha value is -3.33. The molecular weight excluding hydrogens is 403 g/mol. The Labute approximate surface area is 180 Å². The monoisotopic (exact) mass is 428 g/mol. The first-order valence-corrected chi connectivity index (χ1v) is 9.84. The van der Waals surface area contributed by atoms with Gasteiger partial charge in [-0.2, -0.15) is 0 Å². The predicted molar refractivity (Wildman–Crippen MR) is 117 cm³/mol. The number of aryl methyl sites for hydroxylation is 1. The summed E-state index contributed by atoms with van der Waals surface area (Å²) in [5.41, 5.74) is 1.09. The van der Waals surface area contributed by atoms with Crippen LogP contribution in [0.3, 0.4) is 0 Å². The van der Waals surface area contributed by atoms with Crippen molar-refractivity contribution >= 4 is 29.2 Å². The van der Waals surface area contributed by atoms with Gasteiger partial charge in [0, 0.05) is 49.6 Å². The van der Waals surface area contributed by atoms with E-state index < -0.39 is 16.6 Å². The Bertz CT molecular complexity index is 1040. The zero-order valence-electron chi connectivity index (χ0n) is 18.0. The van der Waals surface area contributed by atoms with Crippen molar-refractivity contribution in [1.82, 2.24) is 4.90 Å². The molecule has 0 bridgehead atoms. The van der Waals surface area contributed by atoms with E-state index in [0.717, 1.165) is 19.5 Å². The number of likely N-dealkylation sites (tertiary alicyclic amines) is 1. The predicted octanol–water partition coefficient (Wildman–Crippen LogP) is 3.98. The molecule has 1 heterocycles. The van der Waals surface area contributed by atoms with Crippen LogP contribution >= 0.6 is 0 Å². The van der Waals surface area contributed by atoms with Gasteiger partial charge in [-0.05, 0) is 44.6 Å². The number of hydrogen-bond donors (Lipinski definition) is 0. The molecule has 1 saturated heterocycles. The molecule has 3 rings (SSSR count). The molecule has 0 aromatic heterocycles. The Morgan fingerprint density at radius 3 is 2.71 bits per heavy atom. The smallest absolute Gasteiger partial charge is 0.270 e. The minimum Gasteiger partial charge on any atom is -0.494 e. The van der Waals surface area contributed by atoms with Gasteiger partial charge in [-0.15, -0.1) is 0 Å². The van der Waals surface area contributed by atoms with Gasteiger partial charge in [-0.1, -0.05) is 0 Å². The molecule has 1 amide bonds. The molecule has 0 saturated carbocycles. The number of nitro benzene ring substituents is 1. The molecule has 1 atom stereocenters. The molecule has 0 spiro atoms. The van der Waals surface area contributed by atoms with Crippen LogP contribution in [0.5, 0.6) is 5.75 Å². The highest BCUT2D eigenvalue weighted by atomic mass is 19.1. The highest BCUT2D eigenvalue weighted by Gasteiger charge is 2.24. The molecular formula is C22H25FN4O4. The molecule has 2 aromatic rings. The lowest BCUT2D eigenvalue weighted by molar-refractivity contribution is -0.384. The second-order valence-corrected chi connectivity index (χ2v) is 7.69. The zero-order valence-corrected chi connectivity index (χ0v) is 18.0. The van der Waals surface area contributed by atoms with Gasteiger partial charge < -0.3 is 14.5 Å². The average Bonchev–Trinajstić information content (AvgIpc) is 3.16. The summed E-state index contributed by atoms with van der Waals surface area (Å²) in [6, 6.07) is 6.76. The summed E-state index contributed by atoms with van der Waals surface area (Å²) in [5.74, 6) is -0.830. The van der Waals surface area contributed by atoms with Gasteiger partial charge in [0.2, 0.25) is 0 Å². The topological polar surface area (TPSA) is 88.3 Å². The maximum atomic E-state index is 14.1. The van der Waals surface area contributed by atoms with Crippen LogP contribution in [-0.4, -0.2) is 56.2 Å². The van der Waals surface area contributed by atoms with Gasteiger partial charge in [0.05, 0.1) is 23.3 Å². The van der Waals surface area contributed by atoms with Crippen LogP contribution in [0.4, 0.5) is 21.5 Å². The van der Waals surface area contributed by atoms with E-state index in [1.165, 1.54) is 43.3 Å². The summed E-state index contributed by atoms with van der Waals surface area (Å²) in [6.07, 6.45) is 2.77. The van der Waals surface area contributed by atoms with E-state index in [2.05, 4.69) is 9.89 Å². The number of carbonyl (C=O) groups excluding carboxylic acids is 1. The fourth-order valence-electron chi connectivity index (χ4n) is 3.63. The van der Waals surface area contributed by atoms with Crippen molar-refractivity contribution < 1.29 is 18.8 Å². The summed E-state index contributed by atoms with van der Waals surface area (Å²) in [4.78, 5) is 32.1. The third-order valence-electron chi connectivity index (χ3n) is 5.40. The van der Waals surface area contributed by atoms with E-state index in [-0.39, 0.29) is 22.9 Å². The number of aliphatic imine (C=N–C) groups is 1. The number of hydrogen-bond acceptors (Lipinski definition) is 6. The second-order valence-electron chi connectivity index (χ2n) is 7.69. The van der Waals surface area contributed by atoms with E-state index in [1.54, 1.807) is 13.0 Å². The third-order valence-corrected chi connectivity index (χ3v) is 5.40. The van der Waals surface area contributed by atoms with Gasteiger partial charge in [-0.25, -0.2) is 4.39 Å². The highest BCUT2D eigenvalue weighted by Crippen LogP contribution is 2.32. The van der Waals surface area contributed by atoms with Crippen molar-refractivity contribution in [2.75, 3.05) is 39.2 Å². The van der Waals surface area contributed by atoms with Crippen LogP contribution in [0.15, 0.2) is 35.3 Å². The standard InChI is InChI=1S/C22H25FN4O4/c1-14-9-17(27(29)30)10-18(21(14)24-12-15-7-8-25(2)13-15)22(28)26(3)16-5-6-20(31-4)19(23)11-16/h5-6,9-12,15H,7-8,13H2,1-4H3/b24-12+. The largest absolute Gasteiger partial charge is 0.494 e. The summed E-state index contributed by atoms with van der Waals surface area (Å²) in [7, 11) is 4.87. The second kappa shape index (κ2) is 9.22. The third kappa shape index (κ3) is 4.88. The number of halogens is 1. The van der Waals surface area contributed by atoms with E-state index in [4.69, 9.17) is 4.74 Å². The lowest BCUT2D eigenvalue weighted by atomic mass is 10.0. The van der Waals surface area contributed by atoms with E-state index in [0.29, 0.717) is 16.9 Å². The van der Waals surface area contributed by atoms with Crippen molar-refractivity contribution in [3.05, 3.63) is 57.4 Å². The lowest BCUT2D eigenvalue weighted by Gasteiger charge is -2.19. The van der Waals surface area contributed by atoms with Gasteiger partial charge >= 0.3 is 0 Å². The summed E-state index contributed by atoms with van der Waals surface area (Å²) >= 11 is 0. The van der Waals surface area contributed by atoms with Crippen LogP contribution in [0, 0.1) is 28.8 Å². The molecule has 2 aromatic carbocycles. The number of carbonyl (C=O) groups is 1. The van der Waals surface area contributed by atoms with Crippen molar-refractivity contribution in [1.29, 1.82) is 0 Å². The van der Waals surface area contributed by atoms with Gasteiger partial charge in [0.1, 0.15) is 0 Å². The number of benzene rings is 2. The van der Waals surface area contributed by atoms with Crippen LogP contribution in [0.25, 0.3) is 0 Å². The maximum Gasteiger partial charge on any atom is 0.270 e. The number of non-ortho nitro benzene ring substituents is 1. The number of anilines is 1. The molecule has 0 aliphatic carbocycles. The number of rotatable bonds is 6. The maximum absolute atomic E-state index is 14.1. The number of methoxy groups -OCH3 is 1. The van der Waals surface area contributed by atoms with E-state index in [1.807, 2.05) is 13.3 Å². The number of nitrogens with zero attached hydrogens (tertiary/aromatic N) is 4. The Kier molecular flexibility index (Phi) is 6.65. The normalized spacial score (nSPS) is 16.6. The van der Waals surface area contributed by atoms with Crippen LogP contribution < -0.4 is 9.64 Å². The molecule has 9 heteroatoms. The first kappa shape index (κ1) is 22.4. The SMILES string of the molecule is COc1ccc(N(C)C(=O)c2cc([N+](=O)[O-])cc(C)c2/N=C/C2CCN(C)C2)cc1F. The van der Waals surface area contributed by atoms with E-state index >= 15 is 0 Å². The first-order chi connectivity index (χ1) is 14.7. The molecule has 164 valence electrons. The molecule has 1 unspecified atom stereocenters. The average molecular weight is 428 g/mol. The fourth-order valence-corrected chi connectivity index (χ4v) is 3.63. The molecule has 8 nitrogen and oxygen atoms in total.